The standard InChI is InChI=1S/C13H10BrN3O/c1-18-10-6-4-9(5-7-10)12-15-16-13-11(14)3-2-8-17(12)13/h2-8H,1H3. The van der Waals surface area contributed by atoms with E-state index in [1.807, 2.05) is 47.0 Å². The van der Waals surface area contributed by atoms with E-state index in [-0.39, 0.29) is 0 Å². The second kappa shape index (κ2) is 4.42. The maximum atomic E-state index is 5.14. The lowest BCUT2D eigenvalue weighted by molar-refractivity contribution is 0.415. The number of rotatable bonds is 2. The highest BCUT2D eigenvalue weighted by atomic mass is 79.9. The first kappa shape index (κ1) is 11.2. The van der Waals surface area contributed by atoms with Crippen LogP contribution >= 0.6 is 15.9 Å². The second-order valence-corrected chi connectivity index (χ2v) is 4.66. The van der Waals surface area contributed by atoms with Crippen LogP contribution in [0.4, 0.5) is 0 Å². The molecule has 0 unspecified atom stereocenters. The van der Waals surface area contributed by atoms with Crippen molar-refractivity contribution in [3.05, 3.63) is 47.1 Å². The summed E-state index contributed by atoms with van der Waals surface area (Å²) in [6.45, 7) is 0. The van der Waals surface area contributed by atoms with Crippen LogP contribution < -0.4 is 4.74 Å². The number of methoxy groups -OCH3 is 1. The third kappa shape index (κ3) is 1.76. The first-order chi connectivity index (χ1) is 8.79. The minimum absolute atomic E-state index is 0.809. The Balaban J connectivity index is 2.16. The molecular weight excluding hydrogens is 294 g/mol. The van der Waals surface area contributed by atoms with Gasteiger partial charge in [-0.2, -0.15) is 0 Å². The van der Waals surface area contributed by atoms with Crippen molar-refractivity contribution in [3.8, 4) is 17.1 Å². The Hall–Kier alpha value is -1.88. The van der Waals surface area contributed by atoms with Crippen molar-refractivity contribution in [2.45, 2.75) is 0 Å². The first-order valence-electron chi connectivity index (χ1n) is 5.43. The molecule has 2 heterocycles. The summed E-state index contributed by atoms with van der Waals surface area (Å²) in [5.41, 5.74) is 1.81. The number of halogens is 1. The van der Waals surface area contributed by atoms with Gasteiger partial charge in [-0.25, -0.2) is 0 Å². The van der Waals surface area contributed by atoms with Gasteiger partial charge in [0.2, 0.25) is 0 Å². The van der Waals surface area contributed by atoms with Crippen molar-refractivity contribution in [1.29, 1.82) is 0 Å². The summed E-state index contributed by atoms with van der Waals surface area (Å²) in [5, 5.41) is 8.40. The van der Waals surface area contributed by atoms with Crippen LogP contribution in [0.2, 0.25) is 0 Å². The van der Waals surface area contributed by atoms with Crippen molar-refractivity contribution in [3.63, 3.8) is 0 Å². The Bertz CT molecular complexity index is 691. The van der Waals surface area contributed by atoms with Crippen molar-refractivity contribution in [2.75, 3.05) is 7.11 Å². The molecule has 0 aliphatic carbocycles. The summed E-state index contributed by atoms with van der Waals surface area (Å²) in [6.07, 6.45) is 1.94. The predicted molar refractivity (Wildman–Crippen MR) is 72.7 cm³/mol. The molecule has 5 heteroatoms. The first-order valence-corrected chi connectivity index (χ1v) is 6.22. The molecule has 18 heavy (non-hydrogen) atoms. The maximum Gasteiger partial charge on any atom is 0.175 e. The molecule has 0 atom stereocenters. The molecular formula is C13H10BrN3O. The minimum atomic E-state index is 0.809. The van der Waals surface area contributed by atoms with Crippen LogP contribution in [0, 0.1) is 0 Å². The van der Waals surface area contributed by atoms with Gasteiger partial charge < -0.3 is 4.74 Å². The molecule has 3 rings (SSSR count). The molecule has 1 aromatic carbocycles. The van der Waals surface area contributed by atoms with Crippen LogP contribution in [0.5, 0.6) is 5.75 Å². The molecule has 90 valence electrons. The zero-order valence-corrected chi connectivity index (χ0v) is 11.3. The predicted octanol–water partition coefficient (Wildman–Crippen LogP) is 3.17. The van der Waals surface area contributed by atoms with Gasteiger partial charge in [0, 0.05) is 11.8 Å². The maximum absolute atomic E-state index is 5.14. The number of ether oxygens (including phenoxy) is 1. The van der Waals surface area contributed by atoms with Gasteiger partial charge in [0.25, 0.3) is 0 Å². The van der Waals surface area contributed by atoms with Gasteiger partial charge in [0.05, 0.1) is 11.6 Å². The Morgan fingerprint density at radius 2 is 1.89 bits per heavy atom. The molecule has 0 fully saturated rings. The number of nitrogens with zero attached hydrogens (tertiary/aromatic N) is 3. The van der Waals surface area contributed by atoms with E-state index in [9.17, 15) is 0 Å². The van der Waals surface area contributed by atoms with Gasteiger partial charge in [-0.3, -0.25) is 4.40 Å². The van der Waals surface area contributed by atoms with Crippen molar-refractivity contribution in [2.24, 2.45) is 0 Å². The fourth-order valence-corrected chi connectivity index (χ4v) is 2.24. The molecule has 0 N–H and O–H groups in total. The number of pyridine rings is 1. The third-order valence-corrected chi connectivity index (χ3v) is 3.35. The SMILES string of the molecule is COc1ccc(-c2nnc3c(Br)cccn23)cc1. The highest BCUT2D eigenvalue weighted by Crippen LogP contribution is 2.24. The summed E-state index contributed by atoms with van der Waals surface area (Å²) in [7, 11) is 1.65. The van der Waals surface area contributed by atoms with E-state index in [1.54, 1.807) is 7.11 Å². The molecule has 0 amide bonds. The quantitative estimate of drug-likeness (QED) is 0.730. The highest BCUT2D eigenvalue weighted by molar-refractivity contribution is 9.10. The molecule has 3 aromatic rings. The molecule has 0 bridgehead atoms. The summed E-state index contributed by atoms with van der Waals surface area (Å²) >= 11 is 3.46. The number of benzene rings is 1. The van der Waals surface area contributed by atoms with Crippen LogP contribution in [0.25, 0.3) is 17.0 Å². The Morgan fingerprint density at radius 1 is 1.11 bits per heavy atom. The average Bonchev–Trinajstić information content (AvgIpc) is 2.84. The van der Waals surface area contributed by atoms with E-state index >= 15 is 0 Å². The van der Waals surface area contributed by atoms with E-state index in [4.69, 9.17) is 4.74 Å². The number of aromatic nitrogens is 3. The zero-order valence-electron chi connectivity index (χ0n) is 9.67. The topological polar surface area (TPSA) is 39.4 Å². The Morgan fingerprint density at radius 3 is 2.61 bits per heavy atom. The third-order valence-electron chi connectivity index (χ3n) is 2.74. The van der Waals surface area contributed by atoms with Crippen molar-refractivity contribution < 1.29 is 4.74 Å². The number of fused-ring (bicyclic) bond motifs is 1. The van der Waals surface area contributed by atoms with E-state index in [1.165, 1.54) is 0 Å². The van der Waals surface area contributed by atoms with Crippen LogP contribution in [0.3, 0.4) is 0 Å². The molecule has 4 nitrogen and oxygen atoms in total. The second-order valence-electron chi connectivity index (χ2n) is 3.80. The Kier molecular flexibility index (Phi) is 2.76. The molecule has 0 saturated heterocycles. The van der Waals surface area contributed by atoms with E-state index < -0.39 is 0 Å². The van der Waals surface area contributed by atoms with Gasteiger partial charge >= 0.3 is 0 Å². The summed E-state index contributed by atoms with van der Waals surface area (Å²) in [4.78, 5) is 0. The number of hydrogen-bond donors (Lipinski definition) is 0. The highest BCUT2D eigenvalue weighted by Gasteiger charge is 2.09. The zero-order chi connectivity index (χ0) is 12.5. The molecule has 0 aliphatic rings. The average molecular weight is 304 g/mol. The van der Waals surface area contributed by atoms with Crippen LogP contribution in [-0.2, 0) is 0 Å². The Labute approximate surface area is 112 Å². The lowest BCUT2D eigenvalue weighted by atomic mass is 10.2. The van der Waals surface area contributed by atoms with Crippen molar-refractivity contribution in [1.82, 2.24) is 14.6 Å². The van der Waals surface area contributed by atoms with Crippen LogP contribution in [0.1, 0.15) is 0 Å². The van der Waals surface area contributed by atoms with Crippen LogP contribution in [-0.4, -0.2) is 21.7 Å². The summed E-state index contributed by atoms with van der Waals surface area (Å²) < 4.78 is 8.02. The fraction of sp³-hybridized carbons (Fsp3) is 0.0769. The van der Waals surface area contributed by atoms with E-state index in [2.05, 4.69) is 26.1 Å². The van der Waals surface area contributed by atoms with Gasteiger partial charge in [0.1, 0.15) is 5.75 Å². The fourth-order valence-electron chi connectivity index (χ4n) is 1.82. The summed E-state index contributed by atoms with van der Waals surface area (Å²) in [5.74, 6) is 1.64. The van der Waals surface area contributed by atoms with Gasteiger partial charge in [-0.15, -0.1) is 10.2 Å². The van der Waals surface area contributed by atoms with Gasteiger partial charge in [-0.05, 0) is 52.3 Å². The molecule has 0 spiro atoms. The largest absolute Gasteiger partial charge is 0.497 e. The van der Waals surface area contributed by atoms with Gasteiger partial charge in [0.15, 0.2) is 11.5 Å². The van der Waals surface area contributed by atoms with E-state index in [0.717, 1.165) is 27.3 Å². The smallest absolute Gasteiger partial charge is 0.175 e. The lowest BCUT2D eigenvalue weighted by Gasteiger charge is -2.02. The van der Waals surface area contributed by atoms with Crippen LogP contribution in [0.15, 0.2) is 47.1 Å². The molecule has 0 aliphatic heterocycles. The monoisotopic (exact) mass is 303 g/mol. The number of hydrogen-bond acceptors (Lipinski definition) is 3. The minimum Gasteiger partial charge on any atom is -0.497 e. The normalized spacial score (nSPS) is 10.8. The van der Waals surface area contributed by atoms with Gasteiger partial charge in [-0.1, -0.05) is 0 Å². The van der Waals surface area contributed by atoms with Crippen molar-refractivity contribution >= 4 is 21.6 Å². The van der Waals surface area contributed by atoms with E-state index in [0.29, 0.717) is 0 Å². The molecule has 0 saturated carbocycles. The lowest BCUT2D eigenvalue weighted by Crippen LogP contribution is -1.89. The summed E-state index contributed by atoms with van der Waals surface area (Å²) in [6, 6.07) is 11.7. The molecule has 2 aromatic heterocycles. The molecule has 0 radical (unpaired) electrons.